The van der Waals surface area contributed by atoms with Crippen LogP contribution in [0.15, 0.2) is 140 Å². The molecule has 0 aromatic heterocycles. The van der Waals surface area contributed by atoms with E-state index < -0.39 is 0 Å². The third-order valence-electron chi connectivity index (χ3n) is 22.4. The number of hydrogen-bond donors (Lipinski definition) is 0. The zero-order chi connectivity index (χ0) is 57.2. The van der Waals surface area contributed by atoms with Gasteiger partial charge in [-0.3, -0.25) is 0 Å². The Hall–Kier alpha value is -7.22. The molecule has 3 heterocycles. The highest BCUT2D eigenvalue weighted by atomic mass is 15.3. The lowest BCUT2D eigenvalue weighted by Crippen LogP contribution is -2.62. The Labute approximate surface area is 489 Å². The van der Waals surface area contributed by atoms with Crippen molar-refractivity contribution in [2.45, 2.75) is 180 Å². The van der Waals surface area contributed by atoms with Gasteiger partial charge in [0.25, 0.3) is 6.71 Å². The molecule has 82 heavy (non-hydrogen) atoms. The minimum absolute atomic E-state index is 0.00660. The summed E-state index contributed by atoms with van der Waals surface area (Å²) in [7, 11) is 0. The zero-order valence-electron chi connectivity index (χ0n) is 51.4. The number of aryl methyl sites for hydroxylation is 2. The summed E-state index contributed by atoms with van der Waals surface area (Å²) in [5.74, 6) is 0. The van der Waals surface area contributed by atoms with E-state index in [-0.39, 0.29) is 44.7 Å². The van der Waals surface area contributed by atoms with Crippen LogP contribution < -0.4 is 31.1 Å². The second-order valence-electron chi connectivity index (χ2n) is 29.9. The van der Waals surface area contributed by atoms with Gasteiger partial charge in [-0.25, -0.2) is 0 Å². The van der Waals surface area contributed by atoms with Crippen LogP contribution in [0.1, 0.15) is 184 Å². The fourth-order valence-electron chi connectivity index (χ4n) is 17.3. The third-order valence-corrected chi connectivity index (χ3v) is 22.4. The minimum atomic E-state index is -0.233. The monoisotopic (exact) mass is 1070 g/mol. The van der Waals surface area contributed by atoms with E-state index in [4.69, 9.17) is 0 Å². The molecule has 0 radical (unpaired) electrons. The van der Waals surface area contributed by atoms with Crippen molar-refractivity contribution in [1.82, 2.24) is 0 Å². The lowest BCUT2D eigenvalue weighted by Gasteiger charge is -2.51. The predicted octanol–water partition coefficient (Wildman–Crippen LogP) is 18.6. The van der Waals surface area contributed by atoms with Crippen LogP contribution in [0.25, 0.3) is 21.5 Å². The van der Waals surface area contributed by atoms with Gasteiger partial charge in [0, 0.05) is 72.5 Å². The molecule has 0 saturated heterocycles. The van der Waals surface area contributed by atoms with Gasteiger partial charge in [-0.05, 0) is 206 Å². The smallest absolute Gasteiger partial charge is 0.252 e. The van der Waals surface area contributed by atoms with E-state index in [9.17, 15) is 0 Å². The molecule has 3 aliphatic carbocycles. The number of benzene rings is 8. The highest BCUT2D eigenvalue weighted by Crippen LogP contribution is 2.62. The van der Waals surface area contributed by atoms with Crippen molar-refractivity contribution in [1.29, 1.82) is 0 Å². The first-order valence-electron chi connectivity index (χ1n) is 30.9. The molecular weight excluding hydrogens is 990 g/mol. The summed E-state index contributed by atoms with van der Waals surface area (Å²) >= 11 is 0. The largest absolute Gasteiger partial charge is 0.334 e. The molecule has 2 unspecified atom stereocenters. The van der Waals surface area contributed by atoms with Crippen molar-refractivity contribution < 1.29 is 0 Å². The summed E-state index contributed by atoms with van der Waals surface area (Å²) in [6.45, 7) is 36.7. The molecule has 1 fully saturated rings. The van der Waals surface area contributed by atoms with Crippen molar-refractivity contribution in [3.8, 4) is 0 Å². The van der Waals surface area contributed by atoms with Gasteiger partial charge in [0.15, 0.2) is 0 Å². The molecular formula is C78H80BN3. The topological polar surface area (TPSA) is 9.72 Å². The average Bonchev–Trinajstić information content (AvgIpc) is 2.63. The summed E-state index contributed by atoms with van der Waals surface area (Å²) in [6.07, 6.45) is 7.15. The Morgan fingerprint density at radius 3 is 1.76 bits per heavy atom. The highest BCUT2D eigenvalue weighted by molar-refractivity contribution is 7.00. The maximum atomic E-state index is 3.66. The Morgan fingerprint density at radius 2 is 1.04 bits per heavy atom. The van der Waals surface area contributed by atoms with E-state index in [1.807, 2.05) is 0 Å². The Morgan fingerprint density at radius 1 is 0.439 bits per heavy atom. The molecule has 410 valence electrons. The Bertz CT molecular complexity index is 4260. The molecule has 15 rings (SSSR count). The van der Waals surface area contributed by atoms with Crippen LogP contribution in [0.5, 0.6) is 0 Å². The minimum Gasteiger partial charge on any atom is -0.334 e. The Kier molecular flexibility index (Phi) is 10.5. The lowest BCUT2D eigenvalue weighted by atomic mass is 9.33. The van der Waals surface area contributed by atoms with E-state index in [1.165, 1.54) is 148 Å². The van der Waals surface area contributed by atoms with Crippen LogP contribution in [0.3, 0.4) is 0 Å². The first-order chi connectivity index (χ1) is 38.8. The van der Waals surface area contributed by atoms with Crippen LogP contribution in [-0.2, 0) is 32.5 Å². The molecule has 1 saturated carbocycles. The predicted molar refractivity (Wildman–Crippen MR) is 350 cm³/mol. The highest BCUT2D eigenvalue weighted by Gasteiger charge is 2.58. The van der Waals surface area contributed by atoms with Gasteiger partial charge < -0.3 is 14.7 Å². The van der Waals surface area contributed by atoms with E-state index in [0.717, 1.165) is 29.3 Å². The molecule has 0 bridgehead atoms. The molecule has 4 heteroatoms. The molecule has 2 atom stereocenters. The number of hydrogen-bond acceptors (Lipinski definition) is 3. The molecule has 3 aliphatic heterocycles. The van der Waals surface area contributed by atoms with Gasteiger partial charge in [-0.1, -0.05) is 187 Å². The van der Waals surface area contributed by atoms with Crippen molar-refractivity contribution in [3.05, 3.63) is 207 Å². The summed E-state index contributed by atoms with van der Waals surface area (Å²) < 4.78 is 0. The van der Waals surface area contributed by atoms with Gasteiger partial charge >= 0.3 is 0 Å². The summed E-state index contributed by atoms with van der Waals surface area (Å²) in [4.78, 5) is 8.19. The van der Waals surface area contributed by atoms with Gasteiger partial charge in [-0.2, -0.15) is 0 Å². The molecule has 0 spiro atoms. The van der Waals surface area contributed by atoms with Gasteiger partial charge in [0.05, 0.1) is 5.54 Å². The third kappa shape index (κ3) is 6.86. The summed E-state index contributed by atoms with van der Waals surface area (Å²) in [6, 6.07) is 63.1. The van der Waals surface area contributed by atoms with E-state index in [1.54, 1.807) is 0 Å². The first-order valence-corrected chi connectivity index (χ1v) is 30.9. The van der Waals surface area contributed by atoms with E-state index in [2.05, 4.69) is 270 Å². The quantitative estimate of drug-likeness (QED) is 0.163. The standard InChI is InChI=1S/C78H80BN3/c1-47-38-69-71-70(39-47)81(66-45-59-58(40-48(66)2)73(6,7)36-37-74(59,8)9)68-46-61-60(75(10,11)56-24-18-19-25-57(56)76(61,12)13)44-64(68)79(71)63-32-30-53(43-67(63)80(69)52-29-31-55-50(41-52)27-26-49-22-16-17-23-54(49)55)82-65-33-28-51(72(3,4)5)42-62(65)77(14)34-20-21-35-78(77,82)15/h16-19,22-25,28-33,38-46H,20-21,34-37H2,1-15H3. The van der Waals surface area contributed by atoms with Crippen LogP contribution >= 0.6 is 0 Å². The average molecular weight is 1070 g/mol. The maximum Gasteiger partial charge on any atom is 0.252 e. The molecule has 6 aliphatic rings. The number of anilines is 8. The molecule has 9 aromatic carbocycles. The molecule has 3 nitrogen and oxygen atoms in total. The Balaban J connectivity index is 1.04. The summed E-state index contributed by atoms with van der Waals surface area (Å²) in [5.41, 5.74) is 28.0. The van der Waals surface area contributed by atoms with E-state index >= 15 is 0 Å². The fraction of sp³-hybridized carbons (Fsp3) is 0.359. The van der Waals surface area contributed by atoms with Gasteiger partial charge in [-0.15, -0.1) is 0 Å². The van der Waals surface area contributed by atoms with Gasteiger partial charge in [0.1, 0.15) is 0 Å². The fourth-order valence-corrected chi connectivity index (χ4v) is 17.3. The molecule has 0 N–H and O–H groups in total. The summed E-state index contributed by atoms with van der Waals surface area (Å²) in [5, 5.41) is 4.58. The van der Waals surface area contributed by atoms with Crippen LogP contribution in [0.4, 0.5) is 45.5 Å². The van der Waals surface area contributed by atoms with Crippen LogP contribution in [0.2, 0.25) is 0 Å². The van der Waals surface area contributed by atoms with Crippen molar-refractivity contribution in [2.75, 3.05) is 14.7 Å². The van der Waals surface area contributed by atoms with Crippen LogP contribution in [0, 0.1) is 26.0 Å². The van der Waals surface area contributed by atoms with E-state index in [0.29, 0.717) is 0 Å². The van der Waals surface area contributed by atoms with Crippen molar-refractivity contribution >= 4 is 90.1 Å². The normalized spacial score (nSPS) is 21.8. The number of rotatable bonds is 3. The second-order valence-corrected chi connectivity index (χ2v) is 29.9. The SMILES string of the molecule is Cc1cc2c3c(c1)N(c1cc4c(cc1C)C(C)(C)CCC4(C)C)c1cc4c(cc1B3c1ccc(N3c5ccc(C(C)(C)C)cc5C5(C)CCCCC35C)cc1N2c1ccc2c(c#cc3ccccc32)c1)C(C)(C)c1ccccc1C4(C)C. The number of fused-ring (bicyclic) bond motifs is 13. The first kappa shape index (κ1) is 51.7. The molecule has 9 aromatic rings. The molecule has 0 amide bonds. The zero-order valence-corrected chi connectivity index (χ0v) is 51.4. The second kappa shape index (κ2) is 16.7. The number of nitrogens with zero attached hydrogens (tertiary/aromatic N) is 3. The van der Waals surface area contributed by atoms with Crippen molar-refractivity contribution in [3.63, 3.8) is 0 Å². The van der Waals surface area contributed by atoms with Crippen LogP contribution in [-0.4, -0.2) is 12.3 Å². The lowest BCUT2D eigenvalue weighted by molar-refractivity contribution is 0.195. The van der Waals surface area contributed by atoms with Gasteiger partial charge in [0.2, 0.25) is 0 Å². The maximum absolute atomic E-state index is 3.66. The van der Waals surface area contributed by atoms with Crippen molar-refractivity contribution in [2.24, 2.45) is 0 Å².